The molecule has 0 radical (unpaired) electrons. The summed E-state index contributed by atoms with van der Waals surface area (Å²) in [7, 11) is 0. The molecule has 1 rings (SSSR count). The lowest BCUT2D eigenvalue weighted by Gasteiger charge is -2.06. The van der Waals surface area contributed by atoms with Crippen molar-refractivity contribution in [3.63, 3.8) is 0 Å². The second-order valence-electron chi connectivity index (χ2n) is 4.08. The summed E-state index contributed by atoms with van der Waals surface area (Å²) in [5, 5.41) is 19.2. The molecule has 0 spiro atoms. The second kappa shape index (κ2) is 7.30. The zero-order chi connectivity index (χ0) is 14.3. The average Bonchev–Trinajstić information content (AvgIpc) is 2.34. The Hall–Kier alpha value is -2.18. The van der Waals surface area contributed by atoms with Crippen molar-refractivity contribution in [1.29, 1.82) is 0 Å². The normalized spacial score (nSPS) is 10.2. The fraction of sp³-hybridized carbons (Fsp3) is 0.500. The van der Waals surface area contributed by atoms with E-state index < -0.39 is 10.9 Å². The van der Waals surface area contributed by atoms with Crippen molar-refractivity contribution in [3.8, 4) is 5.75 Å². The van der Waals surface area contributed by atoms with E-state index in [4.69, 9.17) is 9.84 Å². The van der Waals surface area contributed by atoms with E-state index in [0.29, 0.717) is 31.6 Å². The number of pyridine rings is 1. The van der Waals surface area contributed by atoms with Gasteiger partial charge in [-0.1, -0.05) is 0 Å². The zero-order valence-corrected chi connectivity index (χ0v) is 10.7. The summed E-state index contributed by atoms with van der Waals surface area (Å²) in [5.41, 5.74) is 0.556. The highest BCUT2D eigenvalue weighted by Crippen LogP contribution is 2.24. The third-order valence-corrected chi connectivity index (χ3v) is 2.44. The molecule has 0 aliphatic heterocycles. The lowest BCUT2D eigenvalue weighted by molar-refractivity contribution is -0.390. The largest absolute Gasteiger partial charge is 0.486 e. The van der Waals surface area contributed by atoms with E-state index in [1.165, 1.54) is 6.07 Å². The van der Waals surface area contributed by atoms with E-state index in [-0.39, 0.29) is 18.0 Å². The Morgan fingerprint density at radius 1 is 1.42 bits per heavy atom. The first-order valence-corrected chi connectivity index (χ1v) is 5.97. The third-order valence-electron chi connectivity index (χ3n) is 2.44. The van der Waals surface area contributed by atoms with E-state index in [9.17, 15) is 14.9 Å². The zero-order valence-electron chi connectivity index (χ0n) is 10.7. The van der Waals surface area contributed by atoms with Gasteiger partial charge in [0.25, 0.3) is 0 Å². The number of aliphatic carboxylic acids is 1. The minimum Gasteiger partial charge on any atom is -0.486 e. The number of nitrogens with zero attached hydrogens (tertiary/aromatic N) is 2. The minimum absolute atomic E-state index is 0.131. The number of carboxylic acids is 1. The molecule has 1 heterocycles. The van der Waals surface area contributed by atoms with Crippen LogP contribution in [0.5, 0.6) is 5.75 Å². The molecule has 0 unspecified atom stereocenters. The van der Waals surface area contributed by atoms with Gasteiger partial charge in [-0.3, -0.25) is 4.79 Å². The van der Waals surface area contributed by atoms with Crippen LogP contribution in [0.4, 0.5) is 5.82 Å². The molecule has 0 saturated carbocycles. The molecule has 1 aromatic heterocycles. The maximum atomic E-state index is 10.8. The van der Waals surface area contributed by atoms with Crippen molar-refractivity contribution in [2.45, 2.75) is 32.6 Å². The van der Waals surface area contributed by atoms with Crippen LogP contribution >= 0.6 is 0 Å². The molecule has 0 amide bonds. The van der Waals surface area contributed by atoms with Gasteiger partial charge in [-0.15, -0.1) is 0 Å². The molecular weight excluding hydrogens is 252 g/mol. The lowest BCUT2D eigenvalue weighted by atomic mass is 10.2. The monoisotopic (exact) mass is 268 g/mol. The second-order valence-corrected chi connectivity index (χ2v) is 4.08. The fourth-order valence-electron chi connectivity index (χ4n) is 1.51. The minimum atomic E-state index is -0.820. The van der Waals surface area contributed by atoms with Gasteiger partial charge in [0.1, 0.15) is 5.69 Å². The van der Waals surface area contributed by atoms with E-state index in [2.05, 4.69) is 4.98 Å². The highest BCUT2D eigenvalue weighted by molar-refractivity contribution is 5.66. The topological polar surface area (TPSA) is 103 Å². The van der Waals surface area contributed by atoms with Gasteiger partial charge in [0, 0.05) is 13.3 Å². The first kappa shape index (κ1) is 14.9. The van der Waals surface area contributed by atoms with E-state index >= 15 is 0 Å². The van der Waals surface area contributed by atoms with Crippen LogP contribution < -0.4 is 4.74 Å². The SMILES string of the molecule is Cc1ccc(OCCCCCC(=O)O)c([N+](=O)[O-])n1. The summed E-state index contributed by atoms with van der Waals surface area (Å²) in [6, 6.07) is 3.17. The van der Waals surface area contributed by atoms with Gasteiger partial charge in [-0.05, 0) is 41.3 Å². The van der Waals surface area contributed by atoms with Crippen LogP contribution in [-0.4, -0.2) is 27.6 Å². The summed E-state index contributed by atoms with van der Waals surface area (Å²) < 4.78 is 5.31. The average molecular weight is 268 g/mol. The van der Waals surface area contributed by atoms with Gasteiger partial charge in [0.2, 0.25) is 5.75 Å². The Morgan fingerprint density at radius 3 is 2.79 bits per heavy atom. The van der Waals surface area contributed by atoms with Crippen LogP contribution in [0.3, 0.4) is 0 Å². The molecule has 1 aromatic rings. The van der Waals surface area contributed by atoms with Crippen molar-refractivity contribution in [2.24, 2.45) is 0 Å². The standard InChI is InChI=1S/C12H16N2O5/c1-9-6-7-10(12(13-9)14(17)18)19-8-4-2-3-5-11(15)16/h6-7H,2-5,8H2,1H3,(H,15,16). The maximum absolute atomic E-state index is 10.8. The molecule has 0 fully saturated rings. The molecule has 104 valence electrons. The number of hydrogen-bond donors (Lipinski definition) is 1. The predicted molar refractivity (Wildman–Crippen MR) is 67.2 cm³/mol. The number of unbranched alkanes of at least 4 members (excludes halogenated alkanes) is 2. The first-order chi connectivity index (χ1) is 9.00. The fourth-order valence-corrected chi connectivity index (χ4v) is 1.51. The molecule has 0 aromatic carbocycles. The van der Waals surface area contributed by atoms with Crippen LogP contribution in [-0.2, 0) is 4.79 Å². The molecule has 0 atom stereocenters. The third kappa shape index (κ3) is 5.33. The van der Waals surface area contributed by atoms with Gasteiger partial charge in [-0.25, -0.2) is 0 Å². The molecule has 1 N–H and O–H groups in total. The quantitative estimate of drug-likeness (QED) is 0.441. The molecule has 7 nitrogen and oxygen atoms in total. The van der Waals surface area contributed by atoms with Crippen molar-refractivity contribution in [2.75, 3.05) is 6.61 Å². The number of aromatic nitrogens is 1. The number of hydrogen-bond acceptors (Lipinski definition) is 5. The van der Waals surface area contributed by atoms with Crippen LogP contribution in [0.25, 0.3) is 0 Å². The molecule has 0 aliphatic rings. The van der Waals surface area contributed by atoms with Crippen LogP contribution in [0.2, 0.25) is 0 Å². The summed E-state index contributed by atoms with van der Waals surface area (Å²) in [6.45, 7) is 1.98. The maximum Gasteiger partial charge on any atom is 0.406 e. The molecule has 19 heavy (non-hydrogen) atoms. The molecule has 0 saturated heterocycles. The Morgan fingerprint density at radius 2 is 2.16 bits per heavy atom. The number of ether oxygens (including phenoxy) is 1. The number of carbonyl (C=O) groups is 1. The Kier molecular flexibility index (Phi) is 5.72. The molecule has 0 aliphatic carbocycles. The summed E-state index contributed by atoms with van der Waals surface area (Å²) in [5.74, 6) is -0.960. The van der Waals surface area contributed by atoms with Gasteiger partial charge < -0.3 is 20.0 Å². The smallest absolute Gasteiger partial charge is 0.406 e. The predicted octanol–water partition coefficient (Wildman–Crippen LogP) is 2.32. The van der Waals surface area contributed by atoms with Crippen molar-refractivity contribution in [1.82, 2.24) is 4.98 Å². The number of nitro groups is 1. The summed E-state index contributed by atoms with van der Waals surface area (Å²) in [4.78, 5) is 24.3. The highest BCUT2D eigenvalue weighted by atomic mass is 16.6. The van der Waals surface area contributed by atoms with Crippen LogP contribution in [0, 0.1) is 17.0 Å². The van der Waals surface area contributed by atoms with Gasteiger partial charge in [0.05, 0.1) is 6.61 Å². The summed E-state index contributed by atoms with van der Waals surface area (Å²) >= 11 is 0. The lowest BCUT2D eigenvalue weighted by Crippen LogP contribution is -2.03. The first-order valence-electron chi connectivity index (χ1n) is 5.97. The van der Waals surface area contributed by atoms with Crippen molar-refractivity contribution < 1.29 is 19.6 Å². The van der Waals surface area contributed by atoms with Crippen molar-refractivity contribution >= 4 is 11.8 Å². The van der Waals surface area contributed by atoms with E-state index in [1.54, 1.807) is 13.0 Å². The molecular formula is C12H16N2O5. The Balaban J connectivity index is 2.41. The number of rotatable bonds is 8. The Labute approximate surface area is 110 Å². The van der Waals surface area contributed by atoms with Gasteiger partial charge >= 0.3 is 11.8 Å². The van der Waals surface area contributed by atoms with Gasteiger partial charge in [-0.2, -0.15) is 0 Å². The van der Waals surface area contributed by atoms with Crippen LogP contribution in [0.1, 0.15) is 31.4 Å². The summed E-state index contributed by atoms with van der Waals surface area (Å²) in [6.07, 6.45) is 2.07. The van der Waals surface area contributed by atoms with Crippen molar-refractivity contribution in [3.05, 3.63) is 27.9 Å². The number of carboxylic acid groups (broad SMARTS) is 1. The Bertz CT molecular complexity index is 461. The van der Waals surface area contributed by atoms with E-state index in [0.717, 1.165) is 0 Å². The number of aryl methyl sites for hydroxylation is 1. The van der Waals surface area contributed by atoms with Gasteiger partial charge in [0.15, 0.2) is 0 Å². The van der Waals surface area contributed by atoms with E-state index in [1.807, 2.05) is 0 Å². The van der Waals surface area contributed by atoms with Crippen LogP contribution in [0.15, 0.2) is 12.1 Å². The molecule has 0 bridgehead atoms. The molecule has 7 heteroatoms. The highest BCUT2D eigenvalue weighted by Gasteiger charge is 2.17.